The van der Waals surface area contributed by atoms with E-state index in [-0.39, 0.29) is 23.3 Å². The molecule has 0 spiro atoms. The number of phenols is 1. The van der Waals surface area contributed by atoms with Crippen molar-refractivity contribution >= 4 is 17.5 Å². The predicted octanol–water partition coefficient (Wildman–Crippen LogP) is 1.61. The summed E-state index contributed by atoms with van der Waals surface area (Å²) >= 11 is 5.73. The standard InChI is InChI=1S/C12H15ClN2O2/c13-8-3-4-10(11(16)6-8)12(17)15-5-1-2-9(15)7-14/h3-4,6,9,16H,1-2,5,7,14H2. The van der Waals surface area contributed by atoms with Crippen LogP contribution >= 0.6 is 11.6 Å². The molecule has 1 aromatic rings. The first-order chi connectivity index (χ1) is 8.13. The molecule has 1 atom stereocenters. The normalized spacial score (nSPS) is 19.6. The van der Waals surface area contributed by atoms with Crippen molar-refractivity contribution in [2.75, 3.05) is 13.1 Å². The SMILES string of the molecule is NCC1CCCN1C(=O)c1ccc(Cl)cc1O. The third-order valence-electron chi connectivity index (χ3n) is 3.10. The van der Waals surface area contributed by atoms with Crippen molar-refractivity contribution in [2.45, 2.75) is 18.9 Å². The van der Waals surface area contributed by atoms with Gasteiger partial charge in [-0.25, -0.2) is 0 Å². The summed E-state index contributed by atoms with van der Waals surface area (Å²) in [6.07, 6.45) is 1.89. The number of benzene rings is 1. The molecule has 0 aromatic heterocycles. The van der Waals surface area contributed by atoms with E-state index in [0.717, 1.165) is 12.8 Å². The first-order valence-electron chi connectivity index (χ1n) is 5.63. The van der Waals surface area contributed by atoms with E-state index in [1.165, 1.54) is 6.07 Å². The summed E-state index contributed by atoms with van der Waals surface area (Å²) in [5.74, 6) is -0.253. The van der Waals surface area contributed by atoms with Crippen molar-refractivity contribution in [1.29, 1.82) is 0 Å². The van der Waals surface area contributed by atoms with E-state index in [1.807, 2.05) is 0 Å². The smallest absolute Gasteiger partial charge is 0.257 e. The Morgan fingerprint density at radius 2 is 2.35 bits per heavy atom. The number of amides is 1. The van der Waals surface area contributed by atoms with Crippen LogP contribution in [-0.4, -0.2) is 35.0 Å². The minimum absolute atomic E-state index is 0.0785. The summed E-state index contributed by atoms with van der Waals surface area (Å²) in [5.41, 5.74) is 5.91. The molecule has 0 bridgehead atoms. The fourth-order valence-electron chi connectivity index (χ4n) is 2.19. The molecule has 0 radical (unpaired) electrons. The van der Waals surface area contributed by atoms with E-state index in [2.05, 4.69) is 0 Å². The fraction of sp³-hybridized carbons (Fsp3) is 0.417. The Morgan fingerprint density at radius 3 is 3.00 bits per heavy atom. The Morgan fingerprint density at radius 1 is 1.59 bits per heavy atom. The molecule has 4 nitrogen and oxygen atoms in total. The molecule has 5 heteroatoms. The van der Waals surface area contributed by atoms with E-state index in [4.69, 9.17) is 17.3 Å². The van der Waals surface area contributed by atoms with E-state index in [0.29, 0.717) is 18.1 Å². The highest BCUT2D eigenvalue weighted by Crippen LogP contribution is 2.26. The molecule has 3 N–H and O–H groups in total. The van der Waals surface area contributed by atoms with Gasteiger partial charge in [-0.2, -0.15) is 0 Å². The second kappa shape index (κ2) is 4.94. The fourth-order valence-corrected chi connectivity index (χ4v) is 2.35. The second-order valence-corrected chi connectivity index (χ2v) is 4.63. The third kappa shape index (κ3) is 2.37. The van der Waals surface area contributed by atoms with Crippen molar-refractivity contribution in [3.8, 4) is 5.75 Å². The molecule has 17 heavy (non-hydrogen) atoms. The Hall–Kier alpha value is -1.26. The first-order valence-corrected chi connectivity index (χ1v) is 6.01. The molecule has 1 aliphatic heterocycles. The Bertz CT molecular complexity index is 437. The van der Waals surface area contributed by atoms with Crippen LogP contribution in [0.3, 0.4) is 0 Å². The largest absolute Gasteiger partial charge is 0.507 e. The topological polar surface area (TPSA) is 66.6 Å². The van der Waals surface area contributed by atoms with Gasteiger partial charge in [-0.3, -0.25) is 4.79 Å². The lowest BCUT2D eigenvalue weighted by Gasteiger charge is -2.23. The number of likely N-dealkylation sites (tertiary alicyclic amines) is 1. The molecule has 1 aromatic carbocycles. The van der Waals surface area contributed by atoms with Gasteiger partial charge in [-0.1, -0.05) is 11.6 Å². The van der Waals surface area contributed by atoms with Gasteiger partial charge in [-0.05, 0) is 31.0 Å². The molecule has 1 amide bonds. The average Bonchev–Trinajstić information content (AvgIpc) is 2.76. The number of nitrogens with two attached hydrogens (primary N) is 1. The number of carbonyl (C=O) groups is 1. The van der Waals surface area contributed by atoms with Crippen molar-refractivity contribution in [1.82, 2.24) is 4.90 Å². The highest BCUT2D eigenvalue weighted by Gasteiger charge is 2.29. The maximum absolute atomic E-state index is 12.2. The molecule has 92 valence electrons. The van der Waals surface area contributed by atoms with Crippen molar-refractivity contribution in [3.63, 3.8) is 0 Å². The van der Waals surface area contributed by atoms with Gasteiger partial charge in [0, 0.05) is 24.2 Å². The molecule has 0 aliphatic carbocycles. The molecular weight excluding hydrogens is 240 g/mol. The Kier molecular flexibility index (Phi) is 3.54. The van der Waals surface area contributed by atoms with Gasteiger partial charge in [0.1, 0.15) is 5.75 Å². The van der Waals surface area contributed by atoms with Gasteiger partial charge in [-0.15, -0.1) is 0 Å². The summed E-state index contributed by atoms with van der Waals surface area (Å²) in [4.78, 5) is 13.9. The van der Waals surface area contributed by atoms with Gasteiger partial charge in [0.25, 0.3) is 5.91 Å². The molecule has 1 fully saturated rings. The number of nitrogens with zero attached hydrogens (tertiary/aromatic N) is 1. The Balaban J connectivity index is 2.24. The van der Waals surface area contributed by atoms with Crippen LogP contribution in [0, 0.1) is 0 Å². The average molecular weight is 255 g/mol. The van der Waals surface area contributed by atoms with Crippen LogP contribution in [0.4, 0.5) is 0 Å². The molecular formula is C12H15ClN2O2. The number of hydrogen-bond donors (Lipinski definition) is 2. The minimum atomic E-state index is -0.174. The van der Waals surface area contributed by atoms with Crippen molar-refractivity contribution < 1.29 is 9.90 Å². The number of aromatic hydroxyl groups is 1. The lowest BCUT2D eigenvalue weighted by molar-refractivity contribution is 0.0738. The van der Waals surface area contributed by atoms with Gasteiger partial charge in [0.15, 0.2) is 0 Å². The number of carbonyl (C=O) groups excluding carboxylic acids is 1. The molecule has 2 rings (SSSR count). The van der Waals surface area contributed by atoms with E-state index >= 15 is 0 Å². The van der Waals surface area contributed by atoms with Crippen LogP contribution in [0.15, 0.2) is 18.2 Å². The van der Waals surface area contributed by atoms with Gasteiger partial charge in [0.05, 0.1) is 5.56 Å². The van der Waals surface area contributed by atoms with E-state index < -0.39 is 0 Å². The van der Waals surface area contributed by atoms with Gasteiger partial charge in [0.2, 0.25) is 0 Å². The lowest BCUT2D eigenvalue weighted by Crippen LogP contribution is -2.39. The number of phenolic OH excluding ortho intramolecular Hbond substituents is 1. The molecule has 1 saturated heterocycles. The van der Waals surface area contributed by atoms with Crippen LogP contribution in [0.2, 0.25) is 5.02 Å². The molecule has 1 heterocycles. The number of halogens is 1. The third-order valence-corrected chi connectivity index (χ3v) is 3.34. The zero-order valence-electron chi connectivity index (χ0n) is 9.40. The van der Waals surface area contributed by atoms with Crippen LogP contribution in [0.25, 0.3) is 0 Å². The van der Waals surface area contributed by atoms with Gasteiger partial charge >= 0.3 is 0 Å². The summed E-state index contributed by atoms with van der Waals surface area (Å²) in [6.45, 7) is 1.16. The van der Waals surface area contributed by atoms with Crippen molar-refractivity contribution in [2.24, 2.45) is 5.73 Å². The summed E-state index contributed by atoms with van der Waals surface area (Å²) < 4.78 is 0. The monoisotopic (exact) mass is 254 g/mol. The van der Waals surface area contributed by atoms with Gasteiger partial charge < -0.3 is 15.7 Å². The first kappa shape index (κ1) is 12.2. The maximum atomic E-state index is 12.2. The molecule has 0 saturated carbocycles. The second-order valence-electron chi connectivity index (χ2n) is 4.19. The summed E-state index contributed by atoms with van der Waals surface area (Å²) in [7, 11) is 0. The quantitative estimate of drug-likeness (QED) is 0.843. The highest BCUT2D eigenvalue weighted by atomic mass is 35.5. The zero-order chi connectivity index (χ0) is 12.4. The van der Waals surface area contributed by atoms with Crippen LogP contribution < -0.4 is 5.73 Å². The molecule has 1 unspecified atom stereocenters. The lowest BCUT2D eigenvalue weighted by atomic mass is 10.1. The highest BCUT2D eigenvalue weighted by molar-refractivity contribution is 6.30. The minimum Gasteiger partial charge on any atom is -0.507 e. The zero-order valence-corrected chi connectivity index (χ0v) is 10.2. The van der Waals surface area contributed by atoms with E-state index in [1.54, 1.807) is 17.0 Å². The van der Waals surface area contributed by atoms with Crippen LogP contribution in [-0.2, 0) is 0 Å². The van der Waals surface area contributed by atoms with Crippen LogP contribution in [0.1, 0.15) is 23.2 Å². The molecule has 1 aliphatic rings. The number of rotatable bonds is 2. The Labute approximate surface area is 105 Å². The predicted molar refractivity (Wildman–Crippen MR) is 66.2 cm³/mol. The summed E-state index contributed by atoms with van der Waals surface area (Å²) in [6, 6.07) is 4.61. The van der Waals surface area contributed by atoms with Crippen molar-refractivity contribution in [3.05, 3.63) is 28.8 Å². The van der Waals surface area contributed by atoms with E-state index in [9.17, 15) is 9.90 Å². The maximum Gasteiger partial charge on any atom is 0.257 e. The summed E-state index contributed by atoms with van der Waals surface area (Å²) in [5, 5.41) is 10.1. The van der Waals surface area contributed by atoms with Crippen LogP contribution in [0.5, 0.6) is 5.75 Å². The number of hydrogen-bond acceptors (Lipinski definition) is 3.